The van der Waals surface area contributed by atoms with Gasteiger partial charge in [-0.15, -0.1) is 0 Å². The molecule has 52 heavy (non-hydrogen) atoms. The molecule has 4 aromatic rings. The molecule has 3 saturated heterocycles. The van der Waals surface area contributed by atoms with Crippen molar-refractivity contribution in [2.75, 3.05) is 36.0 Å². The van der Waals surface area contributed by atoms with Gasteiger partial charge in [0, 0.05) is 80.8 Å². The number of H-pyrrole nitrogens is 2. The third-order valence-electron chi connectivity index (χ3n) is 9.95. The smallest absolute Gasteiger partial charge is 0.398 e. The van der Waals surface area contributed by atoms with Crippen molar-refractivity contribution in [3.63, 3.8) is 0 Å². The second kappa shape index (κ2) is 16.8. The number of primary amides is 2. The summed E-state index contributed by atoms with van der Waals surface area (Å²) in [7, 11) is -0.331. The standard InChI is InChI=1S/C14H16ClN5O.C11H13Cl2N3O.C9H15BN2O2/c15-11-8-17-7-10(12-1-4-18-19-12)13(11)20-5-2-9(3-6-20)14(16)21;12-8-5-15-6-9(13)10(8)16-3-1-7(2-4-16)11(14)17;1-8(2)9(3,4)14-10(13-8)7-5-6-11-12-7/h1,4,7-9H,2-3,5-6H2,(H2,16,21)(H,18,19);5-7H,1-4H2,(H2,14,17);5-6H,1-4H3,(H,11,12). The number of piperidine rings is 2. The Morgan fingerprint density at radius 1 is 0.731 bits per heavy atom. The molecule has 7 rings (SSSR count). The SMILES string of the molecule is CC1(C)OB(c2ccn[nH]2)OC1(C)C.NC(=O)C1CCN(c2c(Cl)cncc2-c2ccn[nH]2)CC1.NC(=O)C1CCN(c2c(Cl)cncc2Cl)CC1. The lowest BCUT2D eigenvalue weighted by Gasteiger charge is -2.33. The summed E-state index contributed by atoms with van der Waals surface area (Å²) >= 11 is 18.5. The zero-order valence-electron chi connectivity index (χ0n) is 29.6. The van der Waals surface area contributed by atoms with E-state index >= 15 is 0 Å². The molecule has 4 aromatic heterocycles. The summed E-state index contributed by atoms with van der Waals surface area (Å²) in [6.07, 6.45) is 12.9. The third kappa shape index (κ3) is 9.18. The van der Waals surface area contributed by atoms with Gasteiger partial charge in [0.1, 0.15) is 0 Å². The number of hydrogen-bond acceptors (Lipinski definition) is 10. The number of halogens is 3. The molecule has 278 valence electrons. The van der Waals surface area contributed by atoms with Crippen LogP contribution in [0.4, 0.5) is 11.4 Å². The Morgan fingerprint density at radius 3 is 1.62 bits per heavy atom. The molecule has 6 N–H and O–H groups in total. The maximum atomic E-state index is 11.3. The molecule has 7 heterocycles. The van der Waals surface area contributed by atoms with E-state index in [9.17, 15) is 9.59 Å². The molecule has 0 spiro atoms. The molecule has 0 atom stereocenters. The highest BCUT2D eigenvalue weighted by Crippen LogP contribution is 2.38. The van der Waals surface area contributed by atoms with Crippen LogP contribution in [0, 0.1) is 11.8 Å². The zero-order chi connectivity index (χ0) is 37.6. The number of rotatable bonds is 6. The number of hydrogen-bond donors (Lipinski definition) is 4. The van der Waals surface area contributed by atoms with Gasteiger partial charge in [0.05, 0.1) is 48.9 Å². The van der Waals surface area contributed by atoms with E-state index in [2.05, 4.69) is 40.2 Å². The highest BCUT2D eigenvalue weighted by Gasteiger charge is 2.52. The number of amides is 2. The first kappa shape index (κ1) is 39.3. The fourth-order valence-corrected chi connectivity index (χ4v) is 7.08. The lowest BCUT2D eigenvalue weighted by molar-refractivity contribution is -0.123. The first-order valence-corrected chi connectivity index (χ1v) is 18.2. The molecule has 18 heteroatoms. The van der Waals surface area contributed by atoms with Crippen LogP contribution in [-0.4, -0.2) is 86.7 Å². The number of nitrogens with zero attached hydrogens (tertiary/aromatic N) is 6. The van der Waals surface area contributed by atoms with Gasteiger partial charge in [-0.05, 0) is 65.5 Å². The van der Waals surface area contributed by atoms with Gasteiger partial charge < -0.3 is 30.6 Å². The van der Waals surface area contributed by atoms with E-state index in [-0.39, 0.29) is 42.0 Å². The van der Waals surface area contributed by atoms with Crippen molar-refractivity contribution in [3.05, 3.63) is 64.4 Å². The number of nitrogens with one attached hydrogen (secondary N) is 2. The van der Waals surface area contributed by atoms with Gasteiger partial charge in [-0.25, -0.2) is 0 Å². The van der Waals surface area contributed by atoms with Crippen LogP contribution in [0.2, 0.25) is 15.1 Å². The lowest BCUT2D eigenvalue weighted by Crippen LogP contribution is -2.41. The van der Waals surface area contributed by atoms with Gasteiger partial charge in [-0.3, -0.25) is 29.8 Å². The number of anilines is 2. The van der Waals surface area contributed by atoms with Crippen LogP contribution in [0.5, 0.6) is 0 Å². The van der Waals surface area contributed by atoms with Gasteiger partial charge in [-0.1, -0.05) is 34.8 Å². The monoisotopic (exact) mass is 772 g/mol. The minimum absolute atomic E-state index is 0.0364. The Labute approximate surface area is 318 Å². The number of carbonyl (C=O) groups excluding carboxylic acids is 2. The summed E-state index contributed by atoms with van der Waals surface area (Å²) in [4.78, 5) is 34.7. The summed E-state index contributed by atoms with van der Waals surface area (Å²) < 4.78 is 11.6. The minimum Gasteiger partial charge on any atom is -0.398 e. The van der Waals surface area contributed by atoms with E-state index in [1.165, 1.54) is 0 Å². The number of aromatic nitrogens is 6. The topological polar surface area (TPSA) is 194 Å². The summed E-state index contributed by atoms with van der Waals surface area (Å²) in [5, 5.41) is 15.3. The Kier molecular flexibility index (Phi) is 12.7. The highest BCUT2D eigenvalue weighted by atomic mass is 35.5. The largest absolute Gasteiger partial charge is 0.513 e. The number of nitrogens with two attached hydrogens (primary N) is 2. The van der Waals surface area contributed by atoms with Crippen LogP contribution < -0.4 is 26.9 Å². The predicted molar refractivity (Wildman–Crippen MR) is 204 cm³/mol. The molecule has 0 aliphatic carbocycles. The van der Waals surface area contributed by atoms with Gasteiger partial charge in [0.25, 0.3) is 0 Å². The third-order valence-corrected chi connectivity index (χ3v) is 10.8. The molecule has 3 aliphatic rings. The minimum atomic E-state index is -0.331. The van der Waals surface area contributed by atoms with Crippen molar-refractivity contribution in [3.8, 4) is 11.3 Å². The van der Waals surface area contributed by atoms with Gasteiger partial charge >= 0.3 is 7.12 Å². The zero-order valence-corrected chi connectivity index (χ0v) is 31.9. The molecule has 14 nitrogen and oxygen atoms in total. The van der Waals surface area contributed by atoms with Crippen LogP contribution in [0.25, 0.3) is 11.3 Å². The van der Waals surface area contributed by atoms with E-state index in [0.29, 0.717) is 15.1 Å². The molecule has 0 radical (unpaired) electrons. The van der Waals surface area contributed by atoms with Crippen molar-refractivity contribution >= 4 is 70.7 Å². The Bertz CT molecular complexity index is 1760. The first-order chi connectivity index (χ1) is 24.7. The number of carbonyl (C=O) groups is 2. The molecule has 0 unspecified atom stereocenters. The van der Waals surface area contributed by atoms with E-state index in [4.69, 9.17) is 55.6 Å². The molecule has 2 amide bonds. The summed E-state index contributed by atoms with van der Waals surface area (Å²) in [5.74, 6) is -0.524. The molecule has 0 bridgehead atoms. The van der Waals surface area contributed by atoms with Crippen molar-refractivity contribution < 1.29 is 18.9 Å². The molecular formula is C34H44BCl3N10O4. The average Bonchev–Trinajstić information content (AvgIpc) is 3.88. The van der Waals surface area contributed by atoms with E-state index in [0.717, 1.165) is 80.1 Å². The molecular weight excluding hydrogens is 730 g/mol. The van der Waals surface area contributed by atoms with E-state index in [1.807, 2.05) is 39.8 Å². The maximum Gasteiger partial charge on any atom is 0.513 e. The Morgan fingerprint density at radius 2 is 1.17 bits per heavy atom. The van der Waals surface area contributed by atoms with Gasteiger partial charge in [-0.2, -0.15) is 10.2 Å². The number of pyridine rings is 2. The second-order valence-corrected chi connectivity index (χ2v) is 15.1. The van der Waals surface area contributed by atoms with Crippen LogP contribution in [0.3, 0.4) is 0 Å². The summed E-state index contributed by atoms with van der Waals surface area (Å²) in [6.45, 7) is 11.1. The van der Waals surface area contributed by atoms with Crippen molar-refractivity contribution in [1.29, 1.82) is 0 Å². The molecule has 3 aliphatic heterocycles. The highest BCUT2D eigenvalue weighted by molar-refractivity contribution is 6.61. The maximum absolute atomic E-state index is 11.3. The van der Waals surface area contributed by atoms with Crippen LogP contribution in [0.1, 0.15) is 53.4 Å². The quantitative estimate of drug-likeness (QED) is 0.201. The summed E-state index contributed by atoms with van der Waals surface area (Å²) in [5.41, 5.74) is 14.5. The van der Waals surface area contributed by atoms with Crippen LogP contribution in [-0.2, 0) is 18.9 Å². The molecule has 3 fully saturated rings. The van der Waals surface area contributed by atoms with E-state index in [1.54, 1.807) is 37.2 Å². The molecule has 0 saturated carbocycles. The lowest BCUT2D eigenvalue weighted by atomic mass is 9.85. The Balaban J connectivity index is 0.000000154. The van der Waals surface area contributed by atoms with E-state index < -0.39 is 0 Å². The van der Waals surface area contributed by atoms with Gasteiger partial charge in [0.2, 0.25) is 11.8 Å². The Hall–Kier alpha value is -3.89. The van der Waals surface area contributed by atoms with Crippen LogP contribution in [0.15, 0.2) is 49.3 Å². The molecule has 0 aromatic carbocycles. The number of aromatic amines is 2. The van der Waals surface area contributed by atoms with Crippen molar-refractivity contribution in [2.24, 2.45) is 23.3 Å². The predicted octanol–water partition coefficient (Wildman–Crippen LogP) is 4.63. The van der Waals surface area contributed by atoms with Crippen molar-refractivity contribution in [2.45, 2.75) is 64.6 Å². The fraction of sp³-hybridized carbons (Fsp3) is 0.471. The first-order valence-electron chi connectivity index (χ1n) is 17.0. The van der Waals surface area contributed by atoms with Gasteiger partial charge in [0.15, 0.2) is 0 Å². The second-order valence-electron chi connectivity index (χ2n) is 13.9. The average molecular weight is 774 g/mol. The fourth-order valence-electron chi connectivity index (χ4n) is 6.20. The normalized spacial score (nSPS) is 18.6. The van der Waals surface area contributed by atoms with Crippen LogP contribution >= 0.6 is 34.8 Å². The van der Waals surface area contributed by atoms with Crippen molar-refractivity contribution in [1.82, 2.24) is 30.4 Å². The summed E-state index contributed by atoms with van der Waals surface area (Å²) in [6, 6.07) is 3.75.